The first-order valence-electron chi connectivity index (χ1n) is 6.78. The van der Waals surface area contributed by atoms with E-state index < -0.39 is 0 Å². The fourth-order valence-corrected chi connectivity index (χ4v) is 2.32. The van der Waals surface area contributed by atoms with Gasteiger partial charge in [-0.2, -0.15) is 0 Å². The molecule has 2 aromatic rings. The molecule has 0 heterocycles. The van der Waals surface area contributed by atoms with E-state index in [4.69, 9.17) is 0 Å². The maximum absolute atomic E-state index is 12.3. The Hall–Kier alpha value is -1.89. The van der Waals surface area contributed by atoms with Gasteiger partial charge in [0.05, 0.1) is 0 Å². The SMILES string of the molecule is CCc1ccc(CC(=O)c2cc(C)cc(C)c2)cc1. The molecule has 0 radical (unpaired) electrons. The van der Waals surface area contributed by atoms with Crippen LogP contribution in [0.25, 0.3) is 0 Å². The number of carbonyl (C=O) groups excluding carboxylic acids is 1. The molecule has 0 amide bonds. The zero-order valence-electron chi connectivity index (χ0n) is 11.9. The molecule has 0 aliphatic carbocycles. The van der Waals surface area contributed by atoms with Gasteiger partial charge >= 0.3 is 0 Å². The normalized spacial score (nSPS) is 10.5. The van der Waals surface area contributed by atoms with Crippen LogP contribution in [0.3, 0.4) is 0 Å². The van der Waals surface area contributed by atoms with Gasteiger partial charge in [-0.1, -0.05) is 48.4 Å². The fourth-order valence-electron chi connectivity index (χ4n) is 2.32. The number of aryl methyl sites for hydroxylation is 3. The Morgan fingerprint density at radius 1 is 0.895 bits per heavy atom. The summed E-state index contributed by atoms with van der Waals surface area (Å²) in [7, 11) is 0. The van der Waals surface area contributed by atoms with Crippen molar-refractivity contribution in [3.63, 3.8) is 0 Å². The molecule has 0 atom stereocenters. The van der Waals surface area contributed by atoms with Crippen LogP contribution >= 0.6 is 0 Å². The fraction of sp³-hybridized carbons (Fsp3) is 0.278. The number of hydrogen-bond donors (Lipinski definition) is 0. The van der Waals surface area contributed by atoms with Gasteiger partial charge in [0.15, 0.2) is 5.78 Å². The summed E-state index contributed by atoms with van der Waals surface area (Å²) in [5.74, 6) is 0.191. The first-order valence-corrected chi connectivity index (χ1v) is 6.78. The highest BCUT2D eigenvalue weighted by Crippen LogP contribution is 2.13. The monoisotopic (exact) mass is 252 g/mol. The average molecular weight is 252 g/mol. The van der Waals surface area contributed by atoms with Crippen molar-refractivity contribution >= 4 is 5.78 Å². The molecule has 2 rings (SSSR count). The van der Waals surface area contributed by atoms with Crippen molar-refractivity contribution < 1.29 is 4.79 Å². The molecule has 1 nitrogen and oxygen atoms in total. The summed E-state index contributed by atoms with van der Waals surface area (Å²) in [6, 6.07) is 14.3. The second-order valence-corrected chi connectivity index (χ2v) is 5.15. The maximum atomic E-state index is 12.3. The van der Waals surface area contributed by atoms with Crippen LogP contribution in [0.2, 0.25) is 0 Å². The summed E-state index contributed by atoms with van der Waals surface area (Å²) in [5, 5.41) is 0. The van der Waals surface area contributed by atoms with E-state index in [0.717, 1.165) is 28.7 Å². The van der Waals surface area contributed by atoms with E-state index in [1.807, 2.05) is 26.0 Å². The third-order valence-corrected chi connectivity index (χ3v) is 3.34. The van der Waals surface area contributed by atoms with Gasteiger partial charge in [0.2, 0.25) is 0 Å². The van der Waals surface area contributed by atoms with Crippen molar-refractivity contribution in [1.82, 2.24) is 0 Å². The Morgan fingerprint density at radius 2 is 1.42 bits per heavy atom. The van der Waals surface area contributed by atoms with Crippen molar-refractivity contribution in [2.24, 2.45) is 0 Å². The number of hydrogen-bond acceptors (Lipinski definition) is 1. The standard InChI is InChI=1S/C18H20O/c1-4-15-5-7-16(8-6-15)12-18(19)17-10-13(2)9-14(3)11-17/h5-11H,4,12H2,1-3H3. The van der Waals surface area contributed by atoms with Gasteiger partial charge in [-0.25, -0.2) is 0 Å². The molecular formula is C18H20O. The van der Waals surface area contributed by atoms with Gasteiger partial charge in [-0.05, 0) is 43.5 Å². The van der Waals surface area contributed by atoms with Crippen molar-refractivity contribution in [2.45, 2.75) is 33.6 Å². The highest BCUT2D eigenvalue weighted by atomic mass is 16.1. The van der Waals surface area contributed by atoms with E-state index in [9.17, 15) is 4.79 Å². The molecule has 0 aliphatic rings. The number of rotatable bonds is 4. The smallest absolute Gasteiger partial charge is 0.167 e. The molecule has 0 saturated carbocycles. The third kappa shape index (κ3) is 3.54. The van der Waals surface area contributed by atoms with Crippen LogP contribution in [-0.2, 0) is 12.8 Å². The Labute approximate surface area is 115 Å². The van der Waals surface area contributed by atoms with Gasteiger partial charge in [0, 0.05) is 12.0 Å². The van der Waals surface area contributed by atoms with Crippen LogP contribution in [-0.4, -0.2) is 5.78 Å². The number of carbonyl (C=O) groups is 1. The van der Waals surface area contributed by atoms with Crippen molar-refractivity contribution in [3.05, 3.63) is 70.3 Å². The third-order valence-electron chi connectivity index (χ3n) is 3.34. The molecule has 0 fully saturated rings. The van der Waals surface area contributed by atoms with Crippen molar-refractivity contribution in [2.75, 3.05) is 0 Å². The minimum Gasteiger partial charge on any atom is -0.294 e. The first-order chi connectivity index (χ1) is 9.08. The number of benzene rings is 2. The van der Waals surface area contributed by atoms with E-state index in [1.165, 1.54) is 5.56 Å². The van der Waals surface area contributed by atoms with E-state index in [1.54, 1.807) is 0 Å². The summed E-state index contributed by atoms with van der Waals surface area (Å²) in [6.07, 6.45) is 1.51. The molecule has 1 heteroatoms. The quantitative estimate of drug-likeness (QED) is 0.742. The lowest BCUT2D eigenvalue weighted by Crippen LogP contribution is -2.04. The summed E-state index contributed by atoms with van der Waals surface area (Å²) in [6.45, 7) is 6.19. The molecule has 2 aromatic carbocycles. The van der Waals surface area contributed by atoms with Crippen LogP contribution in [0.15, 0.2) is 42.5 Å². The van der Waals surface area contributed by atoms with Gasteiger partial charge in [0.25, 0.3) is 0 Å². The predicted molar refractivity (Wildman–Crippen MR) is 79.8 cm³/mol. The molecule has 98 valence electrons. The van der Waals surface area contributed by atoms with E-state index in [0.29, 0.717) is 6.42 Å². The molecule has 0 spiro atoms. The first kappa shape index (κ1) is 13.5. The Balaban J connectivity index is 2.15. The lowest BCUT2D eigenvalue weighted by Gasteiger charge is -2.05. The predicted octanol–water partition coefficient (Wildman–Crippen LogP) is 4.29. The van der Waals surface area contributed by atoms with E-state index in [-0.39, 0.29) is 5.78 Å². The number of Topliss-reactive ketones (excluding diaryl/α,β-unsaturated/α-hetero) is 1. The van der Waals surface area contributed by atoms with Gasteiger partial charge in [-0.3, -0.25) is 4.79 Å². The second kappa shape index (κ2) is 5.83. The van der Waals surface area contributed by atoms with Crippen molar-refractivity contribution in [1.29, 1.82) is 0 Å². The summed E-state index contributed by atoms with van der Waals surface area (Å²) in [5.41, 5.74) is 5.50. The summed E-state index contributed by atoms with van der Waals surface area (Å²) >= 11 is 0. The molecular weight excluding hydrogens is 232 g/mol. The average Bonchev–Trinajstić information content (AvgIpc) is 2.38. The van der Waals surface area contributed by atoms with Crippen molar-refractivity contribution in [3.8, 4) is 0 Å². The molecule has 0 saturated heterocycles. The molecule has 0 unspecified atom stereocenters. The zero-order chi connectivity index (χ0) is 13.8. The highest BCUT2D eigenvalue weighted by Gasteiger charge is 2.08. The summed E-state index contributed by atoms with van der Waals surface area (Å²) in [4.78, 5) is 12.3. The minimum atomic E-state index is 0.191. The lowest BCUT2D eigenvalue weighted by molar-refractivity contribution is 0.0993. The molecule has 19 heavy (non-hydrogen) atoms. The maximum Gasteiger partial charge on any atom is 0.167 e. The van der Waals surface area contributed by atoms with Gasteiger partial charge in [-0.15, -0.1) is 0 Å². The van der Waals surface area contributed by atoms with Gasteiger partial charge < -0.3 is 0 Å². The van der Waals surface area contributed by atoms with Gasteiger partial charge in [0.1, 0.15) is 0 Å². The molecule has 0 N–H and O–H groups in total. The Morgan fingerprint density at radius 3 is 1.95 bits per heavy atom. The molecule has 0 aliphatic heterocycles. The summed E-state index contributed by atoms with van der Waals surface area (Å²) < 4.78 is 0. The Bertz CT molecular complexity index is 559. The Kier molecular flexibility index (Phi) is 4.16. The van der Waals surface area contributed by atoms with Crippen LogP contribution in [0.4, 0.5) is 0 Å². The van der Waals surface area contributed by atoms with Crippen LogP contribution in [0, 0.1) is 13.8 Å². The number of ketones is 1. The molecule has 0 aromatic heterocycles. The van der Waals surface area contributed by atoms with E-state index >= 15 is 0 Å². The van der Waals surface area contributed by atoms with Crippen LogP contribution < -0.4 is 0 Å². The topological polar surface area (TPSA) is 17.1 Å². The lowest BCUT2D eigenvalue weighted by atomic mass is 9.99. The zero-order valence-corrected chi connectivity index (χ0v) is 11.9. The minimum absolute atomic E-state index is 0.191. The second-order valence-electron chi connectivity index (χ2n) is 5.15. The van der Waals surface area contributed by atoms with E-state index in [2.05, 4.69) is 37.3 Å². The van der Waals surface area contributed by atoms with Crippen LogP contribution in [0.5, 0.6) is 0 Å². The van der Waals surface area contributed by atoms with Crippen LogP contribution in [0.1, 0.15) is 39.5 Å². The highest BCUT2D eigenvalue weighted by molar-refractivity contribution is 5.97. The largest absolute Gasteiger partial charge is 0.294 e. The molecule has 0 bridgehead atoms.